The van der Waals surface area contributed by atoms with Gasteiger partial charge in [-0.05, 0) is 29.8 Å². The SMILES string of the molecule is NC(=O)c1cc(-c2ccc(OCc3ccc(C(F)(F)F)nc3)cc2)c(C(F)(F)F)[nH]c1=O. The van der Waals surface area contributed by atoms with Crippen molar-refractivity contribution < 1.29 is 35.9 Å². The highest BCUT2D eigenvalue weighted by molar-refractivity contribution is 5.94. The van der Waals surface area contributed by atoms with Gasteiger partial charge in [-0.15, -0.1) is 0 Å². The number of pyridine rings is 2. The van der Waals surface area contributed by atoms with Gasteiger partial charge < -0.3 is 15.5 Å². The van der Waals surface area contributed by atoms with Crippen molar-refractivity contribution >= 4 is 5.91 Å². The van der Waals surface area contributed by atoms with Gasteiger partial charge in [0, 0.05) is 17.3 Å². The van der Waals surface area contributed by atoms with Gasteiger partial charge in [0.15, 0.2) is 0 Å². The minimum atomic E-state index is -4.91. The van der Waals surface area contributed by atoms with Crippen molar-refractivity contribution in [3.05, 3.63) is 81.5 Å². The lowest BCUT2D eigenvalue weighted by atomic mass is 10.0. The number of hydrogen-bond donors (Lipinski definition) is 2. The van der Waals surface area contributed by atoms with Crippen molar-refractivity contribution in [3.8, 4) is 16.9 Å². The minimum absolute atomic E-state index is 0.0135. The van der Waals surface area contributed by atoms with E-state index in [1.807, 2.05) is 0 Å². The summed E-state index contributed by atoms with van der Waals surface area (Å²) < 4.78 is 83.1. The lowest BCUT2D eigenvalue weighted by Crippen LogP contribution is -2.27. The maximum absolute atomic E-state index is 13.3. The number of nitrogens with zero attached hydrogens (tertiary/aromatic N) is 1. The molecule has 1 amide bonds. The van der Waals surface area contributed by atoms with E-state index >= 15 is 0 Å². The van der Waals surface area contributed by atoms with Gasteiger partial charge in [-0.1, -0.05) is 18.2 Å². The average Bonchev–Trinajstić information content (AvgIpc) is 2.71. The molecule has 2 heterocycles. The highest BCUT2D eigenvalue weighted by atomic mass is 19.4. The molecule has 0 unspecified atom stereocenters. The zero-order valence-electron chi connectivity index (χ0n) is 15.8. The summed E-state index contributed by atoms with van der Waals surface area (Å²) in [4.78, 5) is 28.0. The number of rotatable bonds is 5. The predicted molar refractivity (Wildman–Crippen MR) is 99.6 cm³/mol. The second kappa shape index (κ2) is 8.36. The van der Waals surface area contributed by atoms with Crippen LogP contribution in [0.2, 0.25) is 0 Å². The number of amides is 1. The topological polar surface area (TPSA) is 98.1 Å². The highest BCUT2D eigenvalue weighted by Crippen LogP contribution is 2.36. The first kappa shape index (κ1) is 22.8. The predicted octanol–water partition coefficient (Wildman–Crippen LogP) is 4.15. The lowest BCUT2D eigenvalue weighted by molar-refractivity contribution is -0.141. The molecule has 3 aromatic rings. The van der Waals surface area contributed by atoms with E-state index in [1.54, 1.807) is 4.98 Å². The van der Waals surface area contributed by atoms with Crippen molar-refractivity contribution in [1.82, 2.24) is 9.97 Å². The van der Waals surface area contributed by atoms with Crippen LogP contribution in [-0.2, 0) is 19.0 Å². The van der Waals surface area contributed by atoms with Crippen LogP contribution < -0.4 is 16.0 Å². The van der Waals surface area contributed by atoms with E-state index in [1.165, 1.54) is 30.3 Å². The molecule has 32 heavy (non-hydrogen) atoms. The molecule has 0 spiro atoms. The number of nitrogens with two attached hydrogens (primary N) is 1. The number of alkyl halides is 6. The van der Waals surface area contributed by atoms with E-state index in [-0.39, 0.29) is 17.9 Å². The zero-order chi connectivity index (χ0) is 23.7. The maximum atomic E-state index is 13.3. The number of benzene rings is 1. The Bertz CT molecular complexity index is 1180. The van der Waals surface area contributed by atoms with Crippen LogP contribution >= 0.6 is 0 Å². The first-order valence-electron chi connectivity index (χ1n) is 8.76. The van der Waals surface area contributed by atoms with E-state index < -0.39 is 46.3 Å². The Morgan fingerprint density at radius 1 is 1.00 bits per heavy atom. The summed E-state index contributed by atoms with van der Waals surface area (Å²) >= 11 is 0. The number of aromatic nitrogens is 2. The first-order valence-corrected chi connectivity index (χ1v) is 8.76. The molecular weight excluding hydrogens is 444 g/mol. The molecule has 0 saturated heterocycles. The fourth-order valence-electron chi connectivity index (χ4n) is 2.74. The number of primary amides is 1. The largest absolute Gasteiger partial charge is 0.489 e. The minimum Gasteiger partial charge on any atom is -0.489 e. The van der Waals surface area contributed by atoms with Gasteiger partial charge in [-0.2, -0.15) is 26.3 Å². The number of halogens is 6. The summed E-state index contributed by atoms with van der Waals surface area (Å²) in [5.41, 5.74) is 0.627. The van der Waals surface area contributed by atoms with E-state index in [0.29, 0.717) is 5.56 Å². The van der Waals surface area contributed by atoms with Crippen LogP contribution in [0.15, 0.2) is 53.5 Å². The molecule has 1 aromatic carbocycles. The summed E-state index contributed by atoms with van der Waals surface area (Å²) in [6.45, 7) is -0.136. The van der Waals surface area contributed by atoms with Gasteiger partial charge in [-0.25, -0.2) is 0 Å². The lowest BCUT2D eigenvalue weighted by Gasteiger charge is -2.14. The Balaban J connectivity index is 1.83. The Morgan fingerprint density at radius 3 is 2.16 bits per heavy atom. The summed E-state index contributed by atoms with van der Waals surface area (Å²) in [7, 11) is 0. The normalized spacial score (nSPS) is 11.9. The molecule has 168 valence electrons. The molecule has 0 atom stereocenters. The molecule has 0 saturated carbocycles. The summed E-state index contributed by atoms with van der Waals surface area (Å²) in [6, 6.07) is 7.90. The maximum Gasteiger partial charge on any atom is 0.433 e. The summed E-state index contributed by atoms with van der Waals surface area (Å²) in [6.07, 6.45) is -8.48. The van der Waals surface area contributed by atoms with E-state index in [0.717, 1.165) is 18.3 Å². The van der Waals surface area contributed by atoms with Crippen LogP contribution in [0.3, 0.4) is 0 Å². The zero-order valence-corrected chi connectivity index (χ0v) is 15.8. The number of H-pyrrole nitrogens is 1. The number of carbonyl (C=O) groups excluding carboxylic acids is 1. The van der Waals surface area contributed by atoms with Crippen molar-refractivity contribution in [2.75, 3.05) is 0 Å². The van der Waals surface area contributed by atoms with Crippen LogP contribution in [0.1, 0.15) is 27.3 Å². The van der Waals surface area contributed by atoms with Crippen molar-refractivity contribution in [2.24, 2.45) is 5.73 Å². The number of aromatic amines is 1. The van der Waals surface area contributed by atoms with Gasteiger partial charge in [0.05, 0.1) is 0 Å². The van der Waals surface area contributed by atoms with Gasteiger partial charge in [0.2, 0.25) is 0 Å². The molecule has 0 aliphatic heterocycles. The monoisotopic (exact) mass is 457 g/mol. The third kappa shape index (κ3) is 5.07. The Morgan fingerprint density at radius 2 is 1.66 bits per heavy atom. The van der Waals surface area contributed by atoms with Crippen molar-refractivity contribution in [2.45, 2.75) is 19.0 Å². The van der Waals surface area contributed by atoms with Gasteiger partial charge in [0.1, 0.15) is 29.3 Å². The molecule has 0 bridgehead atoms. The van der Waals surface area contributed by atoms with Gasteiger partial charge in [-0.3, -0.25) is 14.6 Å². The van der Waals surface area contributed by atoms with Crippen LogP contribution in [0, 0.1) is 0 Å². The molecule has 0 fully saturated rings. The molecule has 0 radical (unpaired) electrons. The van der Waals surface area contributed by atoms with Crippen molar-refractivity contribution in [3.63, 3.8) is 0 Å². The summed E-state index contributed by atoms with van der Waals surface area (Å²) in [5, 5.41) is 0. The first-order chi connectivity index (χ1) is 14.9. The number of ether oxygens (including phenoxy) is 1. The van der Waals surface area contributed by atoms with Gasteiger partial charge >= 0.3 is 12.4 Å². The van der Waals surface area contributed by atoms with Crippen molar-refractivity contribution in [1.29, 1.82) is 0 Å². The Labute approximate surface area is 175 Å². The molecule has 6 nitrogen and oxygen atoms in total. The molecule has 12 heteroatoms. The molecular formula is C20H13F6N3O3. The van der Waals surface area contributed by atoms with Crippen LogP contribution in [0.4, 0.5) is 26.3 Å². The Kier molecular flexibility index (Phi) is 5.97. The fraction of sp³-hybridized carbons (Fsp3) is 0.150. The van der Waals surface area contributed by atoms with Crippen LogP contribution in [0.25, 0.3) is 11.1 Å². The quantitative estimate of drug-likeness (QED) is 0.563. The van der Waals surface area contributed by atoms with E-state index in [9.17, 15) is 35.9 Å². The second-order valence-corrected chi connectivity index (χ2v) is 6.53. The van der Waals surface area contributed by atoms with Crippen LogP contribution in [-0.4, -0.2) is 15.9 Å². The third-order valence-corrected chi connectivity index (χ3v) is 4.28. The Hall–Kier alpha value is -3.83. The number of carbonyl (C=O) groups is 1. The summed E-state index contributed by atoms with van der Waals surface area (Å²) in [5.74, 6) is -0.979. The molecule has 2 aromatic heterocycles. The molecule has 0 aliphatic rings. The third-order valence-electron chi connectivity index (χ3n) is 4.28. The molecule has 0 aliphatic carbocycles. The second-order valence-electron chi connectivity index (χ2n) is 6.53. The van der Waals surface area contributed by atoms with Gasteiger partial charge in [0.25, 0.3) is 11.5 Å². The average molecular weight is 457 g/mol. The smallest absolute Gasteiger partial charge is 0.433 e. The highest BCUT2D eigenvalue weighted by Gasteiger charge is 2.36. The molecule has 3 rings (SSSR count). The van der Waals surface area contributed by atoms with E-state index in [4.69, 9.17) is 10.5 Å². The standard InChI is InChI=1S/C20H13F6N3O3/c21-19(22,23)15-6-1-10(8-28-15)9-32-12-4-2-11(3-5-12)13-7-14(17(27)30)18(31)29-16(13)20(24,25)26/h1-8H,9H2,(H2,27,30)(H,29,31). The molecule has 3 N–H and O–H groups in total. The van der Waals surface area contributed by atoms with E-state index in [2.05, 4.69) is 4.98 Å². The van der Waals surface area contributed by atoms with Crippen LogP contribution in [0.5, 0.6) is 5.75 Å². The number of hydrogen-bond acceptors (Lipinski definition) is 4. The fourth-order valence-corrected chi connectivity index (χ4v) is 2.74. The number of nitrogens with one attached hydrogen (secondary N) is 1.